The van der Waals surface area contributed by atoms with Gasteiger partial charge in [0.2, 0.25) is 0 Å². The van der Waals surface area contributed by atoms with Gasteiger partial charge in [0.1, 0.15) is 5.75 Å². The predicted octanol–water partition coefficient (Wildman–Crippen LogP) is 2.12. The molecule has 5 heteroatoms. The minimum atomic E-state index is -1.63. The van der Waals surface area contributed by atoms with Gasteiger partial charge >= 0.3 is 11.9 Å². The molecular weight excluding hydrogens is 248 g/mol. The fraction of sp³-hybridized carbons (Fsp3) is 0.429. The summed E-state index contributed by atoms with van der Waals surface area (Å²) in [5, 5.41) is 18.4. The van der Waals surface area contributed by atoms with Gasteiger partial charge in [0.05, 0.1) is 7.11 Å². The molecule has 19 heavy (non-hydrogen) atoms. The average molecular weight is 264 g/mol. The standard InChI is InChI=1S/C14H16O5/c1-19-11-4-2-9(3-5-11)10-6-7-14(8-10,12(15)16)13(17)18/h2-5,10H,6-8H2,1H3,(H,15,16)(H,17,18)/t10-/m1/s1. The molecule has 0 heterocycles. The Morgan fingerprint density at radius 2 is 1.79 bits per heavy atom. The molecule has 1 saturated carbocycles. The van der Waals surface area contributed by atoms with Crippen molar-refractivity contribution in [3.8, 4) is 5.75 Å². The monoisotopic (exact) mass is 264 g/mol. The van der Waals surface area contributed by atoms with Gasteiger partial charge < -0.3 is 14.9 Å². The molecule has 0 radical (unpaired) electrons. The second-order valence-corrected chi connectivity index (χ2v) is 4.91. The summed E-state index contributed by atoms with van der Waals surface area (Å²) in [6.07, 6.45) is 0.892. The topological polar surface area (TPSA) is 83.8 Å². The lowest BCUT2D eigenvalue weighted by atomic mass is 9.84. The van der Waals surface area contributed by atoms with Crippen LogP contribution in [0.25, 0.3) is 0 Å². The zero-order valence-electron chi connectivity index (χ0n) is 10.6. The highest BCUT2D eigenvalue weighted by atomic mass is 16.5. The van der Waals surface area contributed by atoms with E-state index in [2.05, 4.69) is 0 Å². The maximum atomic E-state index is 11.2. The van der Waals surface area contributed by atoms with Gasteiger partial charge in [-0.15, -0.1) is 0 Å². The van der Waals surface area contributed by atoms with Crippen LogP contribution >= 0.6 is 0 Å². The molecule has 0 amide bonds. The van der Waals surface area contributed by atoms with Crippen molar-refractivity contribution in [2.75, 3.05) is 7.11 Å². The van der Waals surface area contributed by atoms with Crippen LogP contribution in [0.4, 0.5) is 0 Å². The Hall–Kier alpha value is -2.04. The molecule has 0 aromatic heterocycles. The van der Waals surface area contributed by atoms with Crippen LogP contribution in [0.5, 0.6) is 5.75 Å². The highest BCUT2D eigenvalue weighted by molar-refractivity contribution is 5.98. The first-order valence-corrected chi connectivity index (χ1v) is 6.10. The summed E-state index contributed by atoms with van der Waals surface area (Å²) in [6, 6.07) is 7.33. The maximum absolute atomic E-state index is 11.2. The van der Waals surface area contributed by atoms with Crippen molar-refractivity contribution in [3.05, 3.63) is 29.8 Å². The lowest BCUT2D eigenvalue weighted by Gasteiger charge is -2.19. The zero-order chi connectivity index (χ0) is 14.0. The summed E-state index contributed by atoms with van der Waals surface area (Å²) >= 11 is 0. The Bertz CT molecular complexity index is 477. The Morgan fingerprint density at radius 1 is 1.21 bits per heavy atom. The number of carbonyl (C=O) groups is 2. The molecular formula is C14H16O5. The number of ether oxygens (including phenoxy) is 1. The summed E-state index contributed by atoms with van der Waals surface area (Å²) in [6.45, 7) is 0. The lowest BCUT2D eigenvalue weighted by molar-refractivity contribution is -0.164. The molecule has 1 aliphatic carbocycles. The summed E-state index contributed by atoms with van der Waals surface area (Å²) in [7, 11) is 1.57. The Balaban J connectivity index is 2.21. The second-order valence-electron chi connectivity index (χ2n) is 4.91. The van der Waals surface area contributed by atoms with E-state index in [0.717, 1.165) is 11.3 Å². The first-order valence-electron chi connectivity index (χ1n) is 6.10. The normalized spacial score (nSPS) is 21.0. The van der Waals surface area contributed by atoms with Gasteiger partial charge in [-0.1, -0.05) is 12.1 Å². The first-order chi connectivity index (χ1) is 8.99. The van der Waals surface area contributed by atoms with E-state index in [1.165, 1.54) is 0 Å². The maximum Gasteiger partial charge on any atom is 0.321 e. The number of carboxylic acids is 2. The van der Waals surface area contributed by atoms with Crippen LogP contribution in [0.1, 0.15) is 30.7 Å². The Kier molecular flexibility index (Phi) is 3.46. The van der Waals surface area contributed by atoms with E-state index in [1.54, 1.807) is 19.2 Å². The fourth-order valence-electron chi connectivity index (χ4n) is 2.69. The third-order valence-corrected chi connectivity index (χ3v) is 3.92. The van der Waals surface area contributed by atoms with E-state index in [-0.39, 0.29) is 18.8 Å². The number of carboxylic acid groups (broad SMARTS) is 2. The quantitative estimate of drug-likeness (QED) is 0.814. The van der Waals surface area contributed by atoms with Crippen LogP contribution in [-0.4, -0.2) is 29.3 Å². The molecule has 1 aromatic carbocycles. The summed E-state index contributed by atoms with van der Waals surface area (Å²) < 4.78 is 5.06. The van der Waals surface area contributed by atoms with Crippen LogP contribution in [0.15, 0.2) is 24.3 Å². The number of rotatable bonds is 4. The molecule has 0 aliphatic heterocycles. The Labute approximate surface area is 110 Å². The van der Waals surface area contributed by atoms with Crippen molar-refractivity contribution >= 4 is 11.9 Å². The minimum Gasteiger partial charge on any atom is -0.497 e. The van der Waals surface area contributed by atoms with Gasteiger partial charge in [-0.3, -0.25) is 9.59 Å². The highest BCUT2D eigenvalue weighted by Crippen LogP contribution is 2.47. The SMILES string of the molecule is COc1ccc([C@@H]2CCC(C(=O)O)(C(=O)O)C2)cc1. The van der Waals surface area contributed by atoms with Crippen molar-refractivity contribution in [2.24, 2.45) is 5.41 Å². The zero-order valence-corrected chi connectivity index (χ0v) is 10.6. The van der Waals surface area contributed by atoms with E-state index in [9.17, 15) is 19.8 Å². The lowest BCUT2D eigenvalue weighted by Crippen LogP contribution is -2.36. The van der Waals surface area contributed by atoms with E-state index in [1.807, 2.05) is 12.1 Å². The summed E-state index contributed by atoms with van der Waals surface area (Å²) in [4.78, 5) is 22.5. The molecule has 2 rings (SSSR count). The van der Waals surface area contributed by atoms with Crippen molar-refractivity contribution in [2.45, 2.75) is 25.2 Å². The molecule has 1 aromatic rings. The molecule has 1 aliphatic rings. The molecule has 102 valence electrons. The smallest absolute Gasteiger partial charge is 0.321 e. The van der Waals surface area contributed by atoms with Crippen LogP contribution < -0.4 is 4.74 Å². The number of hydrogen-bond donors (Lipinski definition) is 2. The molecule has 2 N–H and O–H groups in total. The molecule has 0 bridgehead atoms. The first kappa shape index (κ1) is 13.4. The number of methoxy groups -OCH3 is 1. The van der Waals surface area contributed by atoms with E-state index < -0.39 is 17.4 Å². The van der Waals surface area contributed by atoms with Crippen molar-refractivity contribution in [1.82, 2.24) is 0 Å². The second kappa shape index (κ2) is 4.91. The van der Waals surface area contributed by atoms with Crippen molar-refractivity contribution in [3.63, 3.8) is 0 Å². The predicted molar refractivity (Wildman–Crippen MR) is 67.3 cm³/mol. The van der Waals surface area contributed by atoms with Gasteiger partial charge in [0, 0.05) is 0 Å². The molecule has 1 fully saturated rings. The van der Waals surface area contributed by atoms with Gasteiger partial charge in [-0.2, -0.15) is 0 Å². The van der Waals surface area contributed by atoms with Crippen molar-refractivity contribution < 1.29 is 24.5 Å². The number of hydrogen-bond acceptors (Lipinski definition) is 3. The van der Waals surface area contributed by atoms with Crippen LogP contribution in [-0.2, 0) is 9.59 Å². The summed E-state index contributed by atoms with van der Waals surface area (Å²) in [5.74, 6) is -1.78. The summed E-state index contributed by atoms with van der Waals surface area (Å²) in [5.41, 5.74) is -0.671. The number of aliphatic carboxylic acids is 2. The van der Waals surface area contributed by atoms with Gasteiger partial charge in [-0.25, -0.2) is 0 Å². The van der Waals surface area contributed by atoms with Crippen LogP contribution in [0.3, 0.4) is 0 Å². The third kappa shape index (κ3) is 2.28. The van der Waals surface area contributed by atoms with Crippen LogP contribution in [0.2, 0.25) is 0 Å². The highest BCUT2D eigenvalue weighted by Gasteiger charge is 2.52. The minimum absolute atomic E-state index is 0.0295. The van der Waals surface area contributed by atoms with Crippen molar-refractivity contribution in [1.29, 1.82) is 0 Å². The molecule has 0 unspecified atom stereocenters. The largest absolute Gasteiger partial charge is 0.497 e. The van der Waals surface area contributed by atoms with Gasteiger partial charge in [-0.05, 0) is 42.9 Å². The van der Waals surface area contributed by atoms with E-state index in [4.69, 9.17) is 4.74 Å². The number of benzene rings is 1. The fourth-order valence-corrected chi connectivity index (χ4v) is 2.69. The third-order valence-electron chi connectivity index (χ3n) is 3.92. The Morgan fingerprint density at radius 3 is 2.21 bits per heavy atom. The van der Waals surface area contributed by atoms with Gasteiger partial charge in [0.15, 0.2) is 5.41 Å². The van der Waals surface area contributed by atoms with E-state index in [0.29, 0.717) is 6.42 Å². The van der Waals surface area contributed by atoms with E-state index >= 15 is 0 Å². The molecule has 0 spiro atoms. The van der Waals surface area contributed by atoms with Gasteiger partial charge in [0.25, 0.3) is 0 Å². The molecule has 1 atom stereocenters. The van der Waals surface area contributed by atoms with Crippen LogP contribution in [0, 0.1) is 5.41 Å². The molecule has 5 nitrogen and oxygen atoms in total. The average Bonchev–Trinajstić information content (AvgIpc) is 2.85. The molecule has 0 saturated heterocycles.